The smallest absolute Gasteiger partial charge is 0.178 e. The minimum atomic E-state index is -3.25. The fraction of sp³-hybridized carbons (Fsp3) is 0.571. The highest BCUT2D eigenvalue weighted by molar-refractivity contribution is 7.91. The normalized spacial score (nSPS) is 21.4. The molecule has 0 spiro atoms. The summed E-state index contributed by atoms with van der Waals surface area (Å²) in [6.45, 7) is 4.18. The quantitative estimate of drug-likeness (QED) is 0.865. The molecule has 0 fully saturated rings. The number of hydrogen-bond donors (Lipinski definition) is 1. The molecule has 0 saturated heterocycles. The molecule has 0 aromatic heterocycles. The average Bonchev–Trinajstić information content (AvgIpc) is 2.38. The molecule has 0 aliphatic carbocycles. The summed E-state index contributed by atoms with van der Waals surface area (Å²) >= 11 is 0. The Morgan fingerprint density at radius 1 is 1.37 bits per heavy atom. The van der Waals surface area contributed by atoms with Crippen LogP contribution in [0.5, 0.6) is 0 Å². The van der Waals surface area contributed by atoms with E-state index >= 15 is 0 Å². The van der Waals surface area contributed by atoms with Crippen molar-refractivity contribution in [2.45, 2.75) is 50.1 Å². The molecule has 1 N–H and O–H groups in total. The Balaban J connectivity index is 2.37. The van der Waals surface area contributed by atoms with Gasteiger partial charge >= 0.3 is 0 Å². The third-order valence-corrected chi connectivity index (χ3v) is 5.60. The molecule has 1 unspecified atom stereocenters. The van der Waals surface area contributed by atoms with E-state index in [2.05, 4.69) is 19.2 Å². The molecule has 1 aliphatic heterocycles. The van der Waals surface area contributed by atoms with E-state index in [0.717, 1.165) is 12.8 Å². The Bertz CT molecular complexity index is 553. The standard InChI is InChI=1S/C14H20FNO2S/c1-3-11(4-2)16-13-7-8-19(17,18)14-6-5-10(15)9-12(13)14/h5-6,9,11,13,16H,3-4,7-8H2,1-2H3. The van der Waals surface area contributed by atoms with Crippen molar-refractivity contribution in [3.05, 3.63) is 29.6 Å². The molecule has 2 rings (SSSR count). The lowest BCUT2D eigenvalue weighted by atomic mass is 10.0. The van der Waals surface area contributed by atoms with Crippen LogP contribution in [0, 0.1) is 5.82 Å². The SMILES string of the molecule is CCC(CC)NC1CCS(=O)(=O)c2ccc(F)cc21. The van der Waals surface area contributed by atoms with Crippen molar-refractivity contribution in [1.29, 1.82) is 0 Å². The lowest BCUT2D eigenvalue weighted by Crippen LogP contribution is -2.36. The third kappa shape index (κ3) is 2.98. The maximum atomic E-state index is 13.4. The van der Waals surface area contributed by atoms with Gasteiger partial charge in [0.15, 0.2) is 9.84 Å². The Morgan fingerprint density at radius 2 is 2.05 bits per heavy atom. The molecule has 0 saturated carbocycles. The summed E-state index contributed by atoms with van der Waals surface area (Å²) in [4.78, 5) is 0.281. The fourth-order valence-electron chi connectivity index (χ4n) is 2.60. The zero-order valence-corrected chi connectivity index (χ0v) is 12.1. The average molecular weight is 285 g/mol. The zero-order valence-electron chi connectivity index (χ0n) is 11.3. The summed E-state index contributed by atoms with van der Waals surface area (Å²) in [7, 11) is -3.25. The first kappa shape index (κ1) is 14.5. The molecule has 3 nitrogen and oxygen atoms in total. The van der Waals surface area contributed by atoms with E-state index in [4.69, 9.17) is 0 Å². The Hall–Kier alpha value is -0.940. The molecule has 1 heterocycles. The van der Waals surface area contributed by atoms with Gasteiger partial charge in [-0.1, -0.05) is 13.8 Å². The van der Waals surface area contributed by atoms with E-state index in [1.54, 1.807) is 0 Å². The predicted molar refractivity (Wildman–Crippen MR) is 73.3 cm³/mol. The molecule has 1 aromatic rings. The summed E-state index contributed by atoms with van der Waals surface area (Å²) in [5.74, 6) is -0.254. The van der Waals surface area contributed by atoms with Crippen LogP contribution in [0.4, 0.5) is 4.39 Å². The van der Waals surface area contributed by atoms with Crippen LogP contribution in [0.15, 0.2) is 23.1 Å². The van der Waals surface area contributed by atoms with E-state index in [1.807, 2.05) is 0 Å². The van der Waals surface area contributed by atoms with Gasteiger partial charge < -0.3 is 5.32 Å². The van der Waals surface area contributed by atoms with Crippen molar-refractivity contribution in [3.8, 4) is 0 Å². The van der Waals surface area contributed by atoms with E-state index in [0.29, 0.717) is 18.0 Å². The van der Waals surface area contributed by atoms with Crippen LogP contribution in [0.3, 0.4) is 0 Å². The summed E-state index contributed by atoms with van der Waals surface area (Å²) in [6, 6.07) is 4.23. The Kier molecular flexibility index (Phi) is 4.26. The van der Waals surface area contributed by atoms with Gasteiger partial charge in [-0.25, -0.2) is 12.8 Å². The number of sulfone groups is 1. The van der Waals surface area contributed by atoms with Gasteiger partial charge in [-0.15, -0.1) is 0 Å². The first-order valence-electron chi connectivity index (χ1n) is 6.76. The van der Waals surface area contributed by atoms with E-state index in [1.165, 1.54) is 18.2 Å². The van der Waals surface area contributed by atoms with Crippen LogP contribution in [-0.2, 0) is 9.84 Å². The second kappa shape index (κ2) is 5.59. The van der Waals surface area contributed by atoms with Crippen molar-refractivity contribution in [3.63, 3.8) is 0 Å². The monoisotopic (exact) mass is 285 g/mol. The molecular formula is C14H20FNO2S. The molecule has 5 heteroatoms. The number of halogens is 1. The third-order valence-electron chi connectivity index (χ3n) is 3.78. The van der Waals surface area contributed by atoms with E-state index in [-0.39, 0.29) is 22.5 Å². The zero-order chi connectivity index (χ0) is 14.0. The second-order valence-electron chi connectivity index (χ2n) is 5.02. The molecule has 0 radical (unpaired) electrons. The van der Waals surface area contributed by atoms with Crippen LogP contribution in [-0.4, -0.2) is 20.2 Å². The van der Waals surface area contributed by atoms with Gasteiger partial charge in [0.1, 0.15) is 5.82 Å². The first-order chi connectivity index (χ1) is 8.97. The van der Waals surface area contributed by atoms with Crippen molar-refractivity contribution >= 4 is 9.84 Å². The van der Waals surface area contributed by atoms with Gasteiger partial charge in [0.2, 0.25) is 0 Å². The maximum Gasteiger partial charge on any atom is 0.178 e. The largest absolute Gasteiger partial charge is 0.307 e. The van der Waals surface area contributed by atoms with Gasteiger partial charge in [-0.2, -0.15) is 0 Å². The molecule has 106 valence electrons. The van der Waals surface area contributed by atoms with Crippen molar-refractivity contribution in [2.75, 3.05) is 5.75 Å². The van der Waals surface area contributed by atoms with E-state index < -0.39 is 9.84 Å². The van der Waals surface area contributed by atoms with Gasteiger partial charge in [0.25, 0.3) is 0 Å². The Morgan fingerprint density at radius 3 is 2.68 bits per heavy atom. The highest BCUT2D eigenvalue weighted by atomic mass is 32.2. The predicted octanol–water partition coefficient (Wildman–Crippen LogP) is 2.82. The minimum Gasteiger partial charge on any atom is -0.307 e. The van der Waals surface area contributed by atoms with Gasteiger partial charge in [0, 0.05) is 12.1 Å². The highest BCUT2D eigenvalue weighted by Crippen LogP contribution is 2.33. The van der Waals surface area contributed by atoms with Crippen molar-refractivity contribution in [2.24, 2.45) is 0 Å². The molecule has 1 aliphatic rings. The van der Waals surface area contributed by atoms with Crippen LogP contribution < -0.4 is 5.32 Å². The molecular weight excluding hydrogens is 265 g/mol. The lowest BCUT2D eigenvalue weighted by Gasteiger charge is -2.29. The van der Waals surface area contributed by atoms with Gasteiger partial charge in [-0.3, -0.25) is 0 Å². The summed E-state index contributed by atoms with van der Waals surface area (Å²) in [6.07, 6.45) is 2.46. The lowest BCUT2D eigenvalue weighted by molar-refractivity contribution is 0.396. The van der Waals surface area contributed by atoms with E-state index in [9.17, 15) is 12.8 Å². The highest BCUT2D eigenvalue weighted by Gasteiger charge is 2.31. The Labute approximate surface area is 114 Å². The number of nitrogens with one attached hydrogen (secondary N) is 1. The minimum absolute atomic E-state index is 0.0703. The van der Waals surface area contributed by atoms with Gasteiger partial charge in [-0.05, 0) is 43.0 Å². The topological polar surface area (TPSA) is 46.2 Å². The second-order valence-corrected chi connectivity index (χ2v) is 7.10. The number of benzene rings is 1. The molecule has 0 amide bonds. The van der Waals surface area contributed by atoms with Crippen LogP contribution in [0.1, 0.15) is 44.7 Å². The van der Waals surface area contributed by atoms with Crippen LogP contribution in [0.2, 0.25) is 0 Å². The first-order valence-corrected chi connectivity index (χ1v) is 8.41. The fourth-order valence-corrected chi connectivity index (χ4v) is 4.20. The van der Waals surface area contributed by atoms with Crippen LogP contribution in [0.25, 0.3) is 0 Å². The number of hydrogen-bond acceptors (Lipinski definition) is 3. The van der Waals surface area contributed by atoms with Crippen LogP contribution >= 0.6 is 0 Å². The molecule has 0 bridgehead atoms. The number of fused-ring (bicyclic) bond motifs is 1. The molecule has 19 heavy (non-hydrogen) atoms. The molecule has 1 atom stereocenters. The maximum absolute atomic E-state index is 13.4. The van der Waals surface area contributed by atoms with Crippen molar-refractivity contribution in [1.82, 2.24) is 5.32 Å². The molecule has 1 aromatic carbocycles. The number of rotatable bonds is 4. The van der Waals surface area contributed by atoms with Gasteiger partial charge in [0.05, 0.1) is 10.6 Å². The summed E-state index contributed by atoms with van der Waals surface area (Å²) < 4.78 is 37.4. The van der Waals surface area contributed by atoms with Crippen molar-refractivity contribution < 1.29 is 12.8 Å². The summed E-state index contributed by atoms with van der Waals surface area (Å²) in [5, 5.41) is 3.45. The summed E-state index contributed by atoms with van der Waals surface area (Å²) in [5.41, 5.74) is 0.582.